The number of halogens is 1. The van der Waals surface area contributed by atoms with Crippen molar-refractivity contribution in [3.8, 4) is 17.1 Å². The van der Waals surface area contributed by atoms with Gasteiger partial charge in [0.05, 0.1) is 30.3 Å². The molecular weight excluding hydrogens is 505 g/mol. The van der Waals surface area contributed by atoms with Crippen molar-refractivity contribution >= 4 is 23.6 Å². The summed E-state index contributed by atoms with van der Waals surface area (Å²) in [7, 11) is 0. The number of nitrogen functional groups attached to an aromatic ring is 1. The van der Waals surface area contributed by atoms with Crippen LogP contribution in [0.1, 0.15) is 33.7 Å². The number of para-hydroxylation sites is 1. The number of carbonyl (C=O) groups excluding carboxylic acids is 1. The van der Waals surface area contributed by atoms with E-state index in [9.17, 15) is 9.18 Å². The molecular formula is C25H22FN11O2. The van der Waals surface area contributed by atoms with Gasteiger partial charge < -0.3 is 10.6 Å². The number of H-pyrrole nitrogens is 1. The summed E-state index contributed by atoms with van der Waals surface area (Å²) in [6, 6.07) is 14.1. The van der Waals surface area contributed by atoms with Crippen molar-refractivity contribution in [2.24, 2.45) is 5.10 Å². The summed E-state index contributed by atoms with van der Waals surface area (Å²) in [6.45, 7) is 1.08. The van der Waals surface area contributed by atoms with E-state index in [0.717, 1.165) is 25.1 Å². The average molecular weight is 528 g/mol. The topological polar surface area (TPSA) is 169 Å². The second-order valence-corrected chi connectivity index (χ2v) is 8.83. The number of amides is 1. The molecule has 1 aliphatic rings. The monoisotopic (exact) mass is 527 g/mol. The van der Waals surface area contributed by atoms with Crippen molar-refractivity contribution in [2.75, 3.05) is 17.2 Å². The molecule has 14 heteroatoms. The predicted molar refractivity (Wildman–Crippen MR) is 138 cm³/mol. The number of rotatable bonds is 7. The summed E-state index contributed by atoms with van der Waals surface area (Å²) in [5.74, 6) is -0.786. The van der Waals surface area contributed by atoms with Crippen molar-refractivity contribution in [3.05, 3.63) is 83.1 Å². The van der Waals surface area contributed by atoms with E-state index < -0.39 is 5.91 Å². The van der Waals surface area contributed by atoms with E-state index in [1.807, 2.05) is 18.2 Å². The Morgan fingerprint density at radius 3 is 2.87 bits per heavy atom. The minimum Gasteiger partial charge on any atom is -0.378 e. The molecule has 1 amide bonds. The molecule has 6 rings (SSSR count). The highest BCUT2D eigenvalue weighted by Crippen LogP contribution is 2.29. The number of aryl methyl sites for hydroxylation is 1. The van der Waals surface area contributed by atoms with Crippen molar-refractivity contribution in [2.45, 2.75) is 19.4 Å². The molecule has 0 spiro atoms. The number of fused-ring (bicyclic) bond motifs is 1. The lowest BCUT2D eigenvalue weighted by Crippen LogP contribution is -2.31. The molecule has 4 heterocycles. The van der Waals surface area contributed by atoms with E-state index in [1.165, 1.54) is 28.6 Å². The first-order valence-electron chi connectivity index (χ1n) is 12.1. The predicted octanol–water partition coefficient (Wildman–Crippen LogP) is 2.48. The fourth-order valence-corrected chi connectivity index (χ4v) is 4.54. The Hall–Kier alpha value is -5.40. The minimum absolute atomic E-state index is 0.0125. The molecule has 0 radical (unpaired) electrons. The molecule has 4 N–H and O–H groups in total. The number of hydrogen-bond acceptors (Lipinski definition) is 10. The maximum absolute atomic E-state index is 13.3. The first kappa shape index (κ1) is 24.0. The normalized spacial score (nSPS) is 13.1. The summed E-state index contributed by atoms with van der Waals surface area (Å²) in [6.07, 6.45) is 4.91. The first-order chi connectivity index (χ1) is 19.1. The Labute approximate surface area is 220 Å². The first-order valence-corrected chi connectivity index (χ1v) is 12.1. The van der Waals surface area contributed by atoms with E-state index in [0.29, 0.717) is 29.1 Å². The van der Waals surface area contributed by atoms with E-state index in [-0.39, 0.29) is 23.1 Å². The van der Waals surface area contributed by atoms with Crippen LogP contribution >= 0.6 is 0 Å². The summed E-state index contributed by atoms with van der Waals surface area (Å²) in [4.78, 5) is 15.4. The molecule has 0 saturated carbocycles. The highest BCUT2D eigenvalue weighted by molar-refractivity contribution is 5.95. The third-order valence-corrected chi connectivity index (χ3v) is 6.39. The third kappa shape index (κ3) is 4.70. The molecule has 0 bridgehead atoms. The van der Waals surface area contributed by atoms with E-state index in [4.69, 9.17) is 10.4 Å². The Morgan fingerprint density at radius 1 is 1.21 bits per heavy atom. The third-order valence-electron chi connectivity index (χ3n) is 6.39. The van der Waals surface area contributed by atoms with Crippen LogP contribution in [0.15, 0.2) is 64.5 Å². The number of benzene rings is 2. The minimum atomic E-state index is -0.584. The fourth-order valence-electron chi connectivity index (χ4n) is 4.54. The van der Waals surface area contributed by atoms with Crippen LogP contribution in [-0.4, -0.2) is 54.2 Å². The number of anilines is 2. The molecule has 39 heavy (non-hydrogen) atoms. The highest BCUT2D eigenvalue weighted by atomic mass is 19.1. The number of hydrazone groups is 1. The van der Waals surface area contributed by atoms with Crippen LogP contribution in [0, 0.1) is 5.82 Å². The maximum atomic E-state index is 13.3. The van der Waals surface area contributed by atoms with E-state index >= 15 is 0 Å². The van der Waals surface area contributed by atoms with Gasteiger partial charge in [-0.1, -0.05) is 23.4 Å². The van der Waals surface area contributed by atoms with Gasteiger partial charge in [0.15, 0.2) is 5.69 Å². The quantitative estimate of drug-likeness (QED) is 0.213. The molecule has 2 aromatic carbocycles. The number of nitrogens with two attached hydrogens (primary N) is 1. The molecule has 0 unspecified atom stereocenters. The number of aromatic amines is 1. The van der Waals surface area contributed by atoms with Crippen LogP contribution in [0.2, 0.25) is 0 Å². The van der Waals surface area contributed by atoms with Gasteiger partial charge in [0, 0.05) is 23.4 Å². The largest absolute Gasteiger partial charge is 0.378 e. The number of nitrogens with zero attached hydrogens (tertiary/aromatic N) is 8. The van der Waals surface area contributed by atoms with E-state index in [1.54, 1.807) is 18.3 Å². The lowest BCUT2D eigenvalue weighted by atomic mass is 10.0. The number of nitrogens with one attached hydrogen (secondary N) is 2. The van der Waals surface area contributed by atoms with E-state index in [2.05, 4.69) is 52.3 Å². The summed E-state index contributed by atoms with van der Waals surface area (Å²) >= 11 is 0. The summed E-state index contributed by atoms with van der Waals surface area (Å²) in [5, 5.41) is 26.7. The van der Waals surface area contributed by atoms with Crippen molar-refractivity contribution in [1.82, 2.24) is 40.9 Å². The van der Waals surface area contributed by atoms with Gasteiger partial charge in [-0.15, -0.1) is 5.10 Å². The number of hydrogen-bond donors (Lipinski definition) is 3. The van der Waals surface area contributed by atoms with Gasteiger partial charge in [0.25, 0.3) is 5.91 Å². The van der Waals surface area contributed by atoms with Gasteiger partial charge >= 0.3 is 0 Å². The zero-order valence-electron chi connectivity index (χ0n) is 20.5. The average Bonchev–Trinajstić information content (AvgIpc) is 3.69. The van der Waals surface area contributed by atoms with Crippen LogP contribution in [0.5, 0.6) is 0 Å². The second kappa shape index (κ2) is 10.2. The molecule has 196 valence electrons. The Kier molecular flexibility index (Phi) is 6.24. The van der Waals surface area contributed by atoms with Crippen LogP contribution in [0.25, 0.3) is 17.1 Å². The van der Waals surface area contributed by atoms with Crippen LogP contribution in [0.3, 0.4) is 0 Å². The molecule has 3 aromatic heterocycles. The molecule has 13 nitrogen and oxygen atoms in total. The van der Waals surface area contributed by atoms with Gasteiger partial charge in [-0.3, -0.25) is 9.89 Å². The Bertz CT molecular complexity index is 1650. The zero-order chi connectivity index (χ0) is 26.8. The van der Waals surface area contributed by atoms with Crippen molar-refractivity contribution in [1.29, 1.82) is 0 Å². The summed E-state index contributed by atoms with van der Waals surface area (Å²) < 4.78 is 19.4. The fraction of sp³-hybridized carbons (Fsp3) is 0.160. The summed E-state index contributed by atoms with van der Waals surface area (Å²) in [5.41, 5.74) is 13.1. The Morgan fingerprint density at radius 2 is 2.05 bits per heavy atom. The second-order valence-electron chi connectivity index (χ2n) is 8.83. The lowest BCUT2D eigenvalue weighted by molar-refractivity contribution is 0.0949. The van der Waals surface area contributed by atoms with Crippen LogP contribution in [-0.2, 0) is 13.0 Å². The molecule has 0 aliphatic carbocycles. The van der Waals surface area contributed by atoms with Crippen LogP contribution < -0.4 is 16.1 Å². The molecule has 1 aliphatic heterocycles. The van der Waals surface area contributed by atoms with Gasteiger partial charge in [0.1, 0.15) is 5.82 Å². The van der Waals surface area contributed by atoms with Gasteiger partial charge in [-0.25, -0.2) is 14.4 Å². The molecule has 0 saturated heterocycles. The van der Waals surface area contributed by atoms with Crippen molar-refractivity contribution in [3.63, 3.8) is 0 Å². The Balaban J connectivity index is 1.27. The van der Waals surface area contributed by atoms with Crippen LogP contribution in [0.4, 0.5) is 15.9 Å². The molecule has 0 atom stereocenters. The number of carbonyl (C=O) groups is 1. The van der Waals surface area contributed by atoms with Crippen molar-refractivity contribution < 1.29 is 13.8 Å². The molecule has 0 fully saturated rings. The number of aromatic nitrogens is 7. The lowest BCUT2D eigenvalue weighted by Gasteiger charge is -2.31. The smallest absolute Gasteiger partial charge is 0.293 e. The zero-order valence-corrected chi connectivity index (χ0v) is 20.5. The highest BCUT2D eigenvalue weighted by Gasteiger charge is 2.27. The van der Waals surface area contributed by atoms with Gasteiger partial charge in [-0.2, -0.15) is 14.9 Å². The SMILES string of the molecule is Nc1nonc1-n1nnc(C(=O)N/N=C\c2cn[nH]c2-c2ccc(F)cc2)c1CN1CCCc2ccccc21. The van der Waals surface area contributed by atoms with Gasteiger partial charge in [0.2, 0.25) is 11.6 Å². The standard InChI is InChI=1S/C25H22FN11O2/c26-18-9-7-16(8-10-18)21-17(12-28-30-21)13-29-32-25(38)22-20(37(35-31-22)24-23(27)33-39-34-24)14-36-11-3-5-15-4-1-2-6-19(15)36/h1-2,4,6-10,12-13H,3,5,11,14H2,(H2,27,33)(H,28,30)(H,32,38)/b29-13-. The maximum Gasteiger partial charge on any atom is 0.293 e. The molecule has 5 aromatic rings. The van der Waals surface area contributed by atoms with Gasteiger partial charge in [-0.05, 0) is 59.1 Å².